The number of carboxylic acids is 1. The second-order valence-corrected chi connectivity index (χ2v) is 7.79. The first-order valence-electron chi connectivity index (χ1n) is 11.0. The Morgan fingerprint density at radius 1 is 1.03 bits per heavy atom. The molecule has 2 N–H and O–H groups in total. The molecular weight excluding hydrogens is 420 g/mol. The molecule has 0 unspecified atom stereocenters. The van der Waals surface area contributed by atoms with Gasteiger partial charge in [0.15, 0.2) is 5.69 Å². The number of carboxylic acid groups (broad SMARTS) is 1. The van der Waals surface area contributed by atoms with E-state index in [1.54, 1.807) is 11.5 Å². The van der Waals surface area contributed by atoms with Crippen molar-refractivity contribution in [1.82, 2.24) is 29.8 Å². The van der Waals surface area contributed by atoms with Crippen molar-refractivity contribution in [3.05, 3.63) is 76.0 Å². The van der Waals surface area contributed by atoms with E-state index in [1.807, 2.05) is 55.5 Å². The summed E-state index contributed by atoms with van der Waals surface area (Å²) in [5.74, 6) is -0.545. The van der Waals surface area contributed by atoms with Crippen molar-refractivity contribution < 1.29 is 9.90 Å². The Labute approximate surface area is 190 Å². The molecule has 2 aromatic heterocycles. The number of rotatable bonds is 9. The minimum Gasteiger partial charge on any atom is -0.477 e. The van der Waals surface area contributed by atoms with Gasteiger partial charge in [-0.15, -0.1) is 10.2 Å². The molecule has 0 aliphatic carbocycles. The maximum atomic E-state index is 13.0. The third-order valence-electron chi connectivity index (χ3n) is 5.74. The maximum absolute atomic E-state index is 13.0. The highest BCUT2D eigenvalue weighted by atomic mass is 16.4. The molecule has 0 aliphatic heterocycles. The third kappa shape index (κ3) is 4.34. The summed E-state index contributed by atoms with van der Waals surface area (Å²) in [5.41, 5.74) is 4.13. The fourth-order valence-electron chi connectivity index (χ4n) is 4.11. The molecule has 0 amide bonds. The number of aromatic carboxylic acids is 1. The average Bonchev–Trinajstić information content (AvgIpc) is 3.45. The largest absolute Gasteiger partial charge is 0.477 e. The van der Waals surface area contributed by atoms with E-state index in [-0.39, 0.29) is 11.4 Å². The molecule has 33 heavy (non-hydrogen) atoms. The molecule has 170 valence electrons. The zero-order valence-corrected chi connectivity index (χ0v) is 18.7. The van der Waals surface area contributed by atoms with Gasteiger partial charge in [-0.3, -0.25) is 9.13 Å². The van der Waals surface area contributed by atoms with Gasteiger partial charge in [0.05, 0.1) is 12.2 Å². The summed E-state index contributed by atoms with van der Waals surface area (Å²) in [5, 5.41) is 24.1. The Morgan fingerprint density at radius 2 is 1.76 bits per heavy atom. The standard InChI is InChI=1S/C24H26N6O3/c1-3-5-10-20-21(23(31)32)29(4-2)24(33)30(20)15-16-11-13-17(14-12-16)18-8-6-7-9-19(18)22-25-27-28-26-22/h6-9,11-14H,3-5,10,15H2,1-2H3,(H,31,32)(H,25,26,27,28). The van der Waals surface area contributed by atoms with E-state index in [0.29, 0.717) is 31.0 Å². The monoisotopic (exact) mass is 446 g/mol. The number of imidazole rings is 1. The van der Waals surface area contributed by atoms with Crippen molar-refractivity contribution in [1.29, 1.82) is 0 Å². The predicted octanol–water partition coefficient (Wildman–Crippen LogP) is 3.61. The van der Waals surface area contributed by atoms with E-state index in [2.05, 4.69) is 20.6 Å². The number of carbonyl (C=O) groups is 1. The van der Waals surface area contributed by atoms with E-state index in [9.17, 15) is 14.7 Å². The number of hydrogen-bond acceptors (Lipinski definition) is 5. The average molecular weight is 447 g/mol. The number of hydrogen-bond donors (Lipinski definition) is 2. The van der Waals surface area contributed by atoms with Crippen LogP contribution in [0.3, 0.4) is 0 Å². The second-order valence-electron chi connectivity index (χ2n) is 7.79. The van der Waals surface area contributed by atoms with Gasteiger partial charge in [0.25, 0.3) is 0 Å². The Hall–Kier alpha value is -4.01. The quantitative estimate of drug-likeness (QED) is 0.405. The normalized spacial score (nSPS) is 11.1. The lowest BCUT2D eigenvalue weighted by Gasteiger charge is -2.10. The van der Waals surface area contributed by atoms with Crippen molar-refractivity contribution in [2.75, 3.05) is 0 Å². The van der Waals surface area contributed by atoms with Gasteiger partial charge in [0.2, 0.25) is 5.82 Å². The van der Waals surface area contributed by atoms with Crippen molar-refractivity contribution in [3.8, 4) is 22.5 Å². The van der Waals surface area contributed by atoms with Crippen molar-refractivity contribution in [2.24, 2.45) is 0 Å². The lowest BCUT2D eigenvalue weighted by atomic mass is 9.98. The Bertz CT molecular complexity index is 1300. The van der Waals surface area contributed by atoms with Crippen LogP contribution in [0.1, 0.15) is 48.4 Å². The van der Waals surface area contributed by atoms with Crippen LogP contribution in [0.4, 0.5) is 0 Å². The highest BCUT2D eigenvalue weighted by Crippen LogP contribution is 2.29. The molecule has 4 rings (SSSR count). The van der Waals surface area contributed by atoms with Crippen LogP contribution in [-0.4, -0.2) is 40.8 Å². The Morgan fingerprint density at radius 3 is 2.36 bits per heavy atom. The molecule has 4 aromatic rings. The molecule has 0 bridgehead atoms. The van der Waals surface area contributed by atoms with Gasteiger partial charge >= 0.3 is 11.7 Å². The smallest absolute Gasteiger partial charge is 0.354 e. The van der Waals surface area contributed by atoms with Crippen molar-refractivity contribution >= 4 is 5.97 Å². The summed E-state index contributed by atoms with van der Waals surface area (Å²) < 4.78 is 2.95. The fourth-order valence-corrected chi connectivity index (χ4v) is 4.11. The van der Waals surface area contributed by atoms with Crippen molar-refractivity contribution in [2.45, 2.75) is 46.2 Å². The number of nitrogens with one attached hydrogen (secondary N) is 1. The first-order chi connectivity index (χ1) is 16.0. The maximum Gasteiger partial charge on any atom is 0.354 e. The Balaban J connectivity index is 1.69. The molecule has 2 aromatic carbocycles. The molecule has 0 saturated heterocycles. The Kier molecular flexibility index (Phi) is 6.48. The number of tetrazole rings is 1. The van der Waals surface area contributed by atoms with Gasteiger partial charge in [0.1, 0.15) is 0 Å². The van der Waals surface area contributed by atoms with E-state index >= 15 is 0 Å². The van der Waals surface area contributed by atoms with Crippen LogP contribution >= 0.6 is 0 Å². The molecule has 9 heteroatoms. The van der Waals surface area contributed by atoms with Gasteiger partial charge in [0, 0.05) is 12.1 Å². The van der Waals surface area contributed by atoms with Crippen LogP contribution in [0.15, 0.2) is 53.3 Å². The lowest BCUT2D eigenvalue weighted by Crippen LogP contribution is -2.26. The van der Waals surface area contributed by atoms with Crippen LogP contribution < -0.4 is 5.69 Å². The second kappa shape index (κ2) is 9.64. The number of H-pyrrole nitrogens is 1. The highest BCUT2D eigenvalue weighted by molar-refractivity contribution is 5.87. The predicted molar refractivity (Wildman–Crippen MR) is 124 cm³/mol. The zero-order valence-electron chi connectivity index (χ0n) is 18.7. The number of benzene rings is 2. The summed E-state index contributed by atoms with van der Waals surface area (Å²) in [6, 6.07) is 15.7. The number of aromatic nitrogens is 6. The lowest BCUT2D eigenvalue weighted by molar-refractivity contribution is 0.0683. The highest BCUT2D eigenvalue weighted by Gasteiger charge is 2.23. The molecule has 0 aliphatic rings. The molecule has 2 heterocycles. The minimum atomic E-state index is -1.06. The molecule has 9 nitrogen and oxygen atoms in total. The van der Waals surface area contributed by atoms with Gasteiger partial charge < -0.3 is 5.11 Å². The molecule has 0 fully saturated rings. The van der Waals surface area contributed by atoms with Crippen LogP contribution in [0.25, 0.3) is 22.5 Å². The van der Waals surface area contributed by atoms with Gasteiger partial charge in [-0.25, -0.2) is 9.59 Å². The fraction of sp³-hybridized carbons (Fsp3) is 0.292. The van der Waals surface area contributed by atoms with Gasteiger partial charge in [-0.1, -0.05) is 61.9 Å². The van der Waals surface area contributed by atoms with Crippen LogP contribution in [0, 0.1) is 0 Å². The molecule has 0 radical (unpaired) electrons. The van der Waals surface area contributed by atoms with Gasteiger partial charge in [-0.05, 0) is 41.7 Å². The van der Waals surface area contributed by atoms with Crippen LogP contribution in [-0.2, 0) is 19.5 Å². The van der Waals surface area contributed by atoms with Crippen molar-refractivity contribution in [3.63, 3.8) is 0 Å². The number of unbranched alkanes of at least 4 members (excludes halogenated alkanes) is 1. The zero-order chi connectivity index (χ0) is 23.4. The summed E-state index contributed by atoms with van der Waals surface area (Å²) in [7, 11) is 0. The summed E-state index contributed by atoms with van der Waals surface area (Å²) in [6.07, 6.45) is 2.29. The third-order valence-corrected chi connectivity index (χ3v) is 5.74. The number of nitrogens with zero attached hydrogens (tertiary/aromatic N) is 5. The summed E-state index contributed by atoms with van der Waals surface area (Å²) in [4.78, 5) is 24.9. The van der Waals surface area contributed by atoms with Crippen LogP contribution in [0.2, 0.25) is 0 Å². The topological polar surface area (TPSA) is 119 Å². The minimum absolute atomic E-state index is 0.0987. The molecule has 0 atom stereocenters. The summed E-state index contributed by atoms with van der Waals surface area (Å²) in [6.45, 7) is 4.47. The van der Waals surface area contributed by atoms with E-state index in [4.69, 9.17) is 0 Å². The van der Waals surface area contributed by atoms with Crippen LogP contribution in [0.5, 0.6) is 0 Å². The van der Waals surface area contributed by atoms with Gasteiger partial charge in [-0.2, -0.15) is 5.21 Å². The SMILES string of the molecule is CCCCc1c(C(=O)O)n(CC)c(=O)n1Cc1ccc(-c2ccccc2-c2nn[nH]n2)cc1. The van der Waals surface area contributed by atoms with E-state index < -0.39 is 5.97 Å². The number of aromatic amines is 1. The van der Waals surface area contributed by atoms with E-state index in [0.717, 1.165) is 35.1 Å². The van der Waals surface area contributed by atoms with E-state index in [1.165, 1.54) is 4.57 Å². The first-order valence-corrected chi connectivity index (χ1v) is 11.0. The summed E-state index contributed by atoms with van der Waals surface area (Å²) >= 11 is 0. The molecule has 0 saturated carbocycles. The first kappa shape index (κ1) is 22.2. The molecule has 0 spiro atoms. The molecular formula is C24H26N6O3.